The van der Waals surface area contributed by atoms with Crippen LogP contribution in [-0.4, -0.2) is 34.7 Å². The zero-order valence-corrected chi connectivity index (χ0v) is 18.3. The van der Waals surface area contributed by atoms with E-state index in [4.69, 9.17) is 38.9 Å². The molecule has 1 aliphatic heterocycles. The van der Waals surface area contributed by atoms with E-state index in [2.05, 4.69) is 4.90 Å². The number of rotatable bonds is 5. The van der Waals surface area contributed by atoms with Gasteiger partial charge in [0.2, 0.25) is 0 Å². The number of benzene rings is 1. The maximum Gasteiger partial charge on any atom is 0.153 e. The van der Waals surface area contributed by atoms with E-state index in [1.807, 2.05) is 19.1 Å². The first-order valence-electron chi connectivity index (χ1n) is 10.4. The summed E-state index contributed by atoms with van der Waals surface area (Å²) in [5.41, 5.74) is 9.22. The summed E-state index contributed by atoms with van der Waals surface area (Å²) in [5.74, 6) is 1.54. The number of anilines is 1. The van der Waals surface area contributed by atoms with Crippen LogP contribution in [0.1, 0.15) is 43.5 Å². The molecule has 5 nitrogen and oxygen atoms in total. The number of nitrogens with two attached hydrogens (primary N) is 1. The minimum atomic E-state index is -0.172. The summed E-state index contributed by atoms with van der Waals surface area (Å²) in [7, 11) is 0. The van der Waals surface area contributed by atoms with Gasteiger partial charge in [0.1, 0.15) is 5.69 Å². The molecule has 7 heteroatoms. The van der Waals surface area contributed by atoms with Crippen LogP contribution in [0.3, 0.4) is 0 Å². The van der Waals surface area contributed by atoms with E-state index in [1.54, 1.807) is 6.07 Å². The molecule has 0 spiro atoms. The molecule has 156 valence electrons. The number of aliphatic hydroxyl groups excluding tert-OH is 1. The Labute approximate surface area is 182 Å². The van der Waals surface area contributed by atoms with Crippen molar-refractivity contribution in [2.45, 2.75) is 45.6 Å². The van der Waals surface area contributed by atoms with Gasteiger partial charge < -0.3 is 15.7 Å². The van der Waals surface area contributed by atoms with Gasteiger partial charge in [0.05, 0.1) is 28.0 Å². The lowest BCUT2D eigenvalue weighted by atomic mass is 9.61. The summed E-state index contributed by atoms with van der Waals surface area (Å²) in [6.45, 7) is 4.30. The van der Waals surface area contributed by atoms with Crippen molar-refractivity contribution < 1.29 is 5.11 Å². The molecule has 4 rings (SSSR count). The van der Waals surface area contributed by atoms with Crippen LogP contribution in [0.5, 0.6) is 0 Å². The minimum absolute atomic E-state index is 0.172. The van der Waals surface area contributed by atoms with Gasteiger partial charge in [-0.25, -0.2) is 9.97 Å². The summed E-state index contributed by atoms with van der Waals surface area (Å²) < 4.78 is 0. The molecule has 0 atom stereocenters. The van der Waals surface area contributed by atoms with Crippen LogP contribution < -0.4 is 10.6 Å². The molecule has 1 saturated carbocycles. The van der Waals surface area contributed by atoms with Gasteiger partial charge in [-0.1, -0.05) is 41.8 Å². The van der Waals surface area contributed by atoms with E-state index >= 15 is 0 Å². The van der Waals surface area contributed by atoms with Gasteiger partial charge in [-0.3, -0.25) is 0 Å². The van der Waals surface area contributed by atoms with Crippen LogP contribution in [0.4, 0.5) is 5.82 Å². The Morgan fingerprint density at radius 1 is 1.21 bits per heavy atom. The maximum atomic E-state index is 10.0. The van der Waals surface area contributed by atoms with Gasteiger partial charge in [0.25, 0.3) is 0 Å². The van der Waals surface area contributed by atoms with Crippen LogP contribution >= 0.6 is 23.2 Å². The van der Waals surface area contributed by atoms with E-state index in [0.29, 0.717) is 21.4 Å². The van der Waals surface area contributed by atoms with Crippen LogP contribution in [0, 0.1) is 18.3 Å². The largest absolute Gasteiger partial charge is 0.390 e. The van der Waals surface area contributed by atoms with Crippen LogP contribution in [0.25, 0.3) is 11.3 Å². The molecule has 2 heterocycles. The number of aliphatic hydroxyl groups is 1. The Kier molecular flexibility index (Phi) is 6.03. The summed E-state index contributed by atoms with van der Waals surface area (Å²) in [5, 5.41) is 10.9. The molecule has 0 bridgehead atoms. The molecule has 0 unspecified atom stereocenters. The Morgan fingerprint density at radius 2 is 1.93 bits per heavy atom. The van der Waals surface area contributed by atoms with Crippen molar-refractivity contribution in [1.29, 1.82) is 0 Å². The third kappa shape index (κ3) is 3.74. The predicted octanol–water partition coefficient (Wildman–Crippen LogP) is 4.60. The molecular formula is C22H28Cl2N4O. The maximum absolute atomic E-state index is 10.0. The molecule has 2 aliphatic rings. The Balaban J connectivity index is 1.62. The lowest BCUT2D eigenvalue weighted by molar-refractivity contribution is 0.0626. The van der Waals surface area contributed by atoms with Crippen LogP contribution in [-0.2, 0) is 6.61 Å². The Bertz CT molecular complexity index is 893. The van der Waals surface area contributed by atoms with Crippen LogP contribution in [0.2, 0.25) is 10.0 Å². The second-order valence-electron chi connectivity index (χ2n) is 8.37. The molecule has 2 fully saturated rings. The molecular weight excluding hydrogens is 407 g/mol. The summed E-state index contributed by atoms with van der Waals surface area (Å²) in [6.07, 6.45) is 6.10. The third-order valence-corrected chi connectivity index (χ3v) is 7.73. The molecule has 1 aromatic heterocycles. The zero-order valence-electron chi connectivity index (χ0n) is 16.8. The normalized spacial score (nSPS) is 19.3. The standard InChI is InChI=1S/C22H28Cl2N4O/c1-14-20(16-6-3-7-17(23)19(16)24)27-18(12-29)21(26-14)28-10-8-22(13-25,9-11-28)15-4-2-5-15/h3,6-7,15,29H,2,4-5,8-13,25H2,1H3. The molecule has 0 amide bonds. The smallest absolute Gasteiger partial charge is 0.153 e. The van der Waals surface area contributed by atoms with Gasteiger partial charge in [0, 0.05) is 18.7 Å². The van der Waals surface area contributed by atoms with Gasteiger partial charge in [0.15, 0.2) is 5.82 Å². The van der Waals surface area contributed by atoms with Gasteiger partial charge in [-0.2, -0.15) is 0 Å². The van der Waals surface area contributed by atoms with Crippen LogP contribution in [0.15, 0.2) is 18.2 Å². The zero-order chi connectivity index (χ0) is 20.6. The first kappa shape index (κ1) is 20.9. The highest BCUT2D eigenvalue weighted by molar-refractivity contribution is 6.43. The molecule has 3 N–H and O–H groups in total. The first-order chi connectivity index (χ1) is 14.0. The van der Waals surface area contributed by atoms with E-state index in [0.717, 1.165) is 55.5 Å². The molecule has 1 aromatic carbocycles. The Morgan fingerprint density at radius 3 is 2.52 bits per heavy atom. The van der Waals surface area contributed by atoms with Crippen molar-refractivity contribution in [2.75, 3.05) is 24.5 Å². The number of halogens is 2. The molecule has 1 aliphatic carbocycles. The predicted molar refractivity (Wildman–Crippen MR) is 118 cm³/mol. The summed E-state index contributed by atoms with van der Waals surface area (Å²) in [4.78, 5) is 11.8. The number of aryl methyl sites for hydroxylation is 1. The number of aromatic nitrogens is 2. The lowest BCUT2D eigenvalue weighted by Gasteiger charge is -2.50. The second kappa shape index (κ2) is 8.38. The van der Waals surface area contributed by atoms with E-state index in [-0.39, 0.29) is 12.0 Å². The van der Waals surface area contributed by atoms with Crippen molar-refractivity contribution in [1.82, 2.24) is 9.97 Å². The van der Waals surface area contributed by atoms with Crippen molar-refractivity contribution in [3.63, 3.8) is 0 Å². The fourth-order valence-electron chi connectivity index (χ4n) is 4.81. The van der Waals surface area contributed by atoms with Crippen molar-refractivity contribution in [2.24, 2.45) is 17.1 Å². The second-order valence-corrected chi connectivity index (χ2v) is 9.15. The number of piperidine rings is 1. The molecule has 1 saturated heterocycles. The third-order valence-electron chi connectivity index (χ3n) is 6.91. The highest BCUT2D eigenvalue weighted by Gasteiger charge is 2.43. The fraction of sp³-hybridized carbons (Fsp3) is 0.545. The average molecular weight is 435 g/mol. The first-order valence-corrected chi connectivity index (χ1v) is 11.1. The Hall–Kier alpha value is -1.40. The monoisotopic (exact) mass is 434 g/mol. The SMILES string of the molecule is Cc1nc(N2CCC(CN)(C3CCC3)CC2)c(CO)nc1-c1cccc(Cl)c1Cl. The van der Waals surface area contributed by atoms with Crippen molar-refractivity contribution in [3.8, 4) is 11.3 Å². The van der Waals surface area contributed by atoms with Crippen molar-refractivity contribution in [3.05, 3.63) is 39.6 Å². The lowest BCUT2D eigenvalue weighted by Crippen LogP contribution is -2.50. The molecule has 29 heavy (non-hydrogen) atoms. The number of hydrogen-bond acceptors (Lipinski definition) is 5. The van der Waals surface area contributed by atoms with Gasteiger partial charge in [-0.15, -0.1) is 0 Å². The summed E-state index contributed by atoms with van der Waals surface area (Å²) in [6, 6.07) is 5.47. The quantitative estimate of drug-likeness (QED) is 0.718. The van der Waals surface area contributed by atoms with Crippen molar-refractivity contribution >= 4 is 29.0 Å². The number of hydrogen-bond donors (Lipinski definition) is 2. The topological polar surface area (TPSA) is 75.3 Å². The highest BCUT2D eigenvalue weighted by Crippen LogP contribution is 2.48. The number of nitrogens with zero attached hydrogens (tertiary/aromatic N) is 3. The van der Waals surface area contributed by atoms with Gasteiger partial charge in [-0.05, 0) is 56.6 Å². The van der Waals surface area contributed by atoms with E-state index in [1.165, 1.54) is 19.3 Å². The summed E-state index contributed by atoms with van der Waals surface area (Å²) >= 11 is 12.6. The van der Waals surface area contributed by atoms with E-state index < -0.39 is 0 Å². The highest BCUT2D eigenvalue weighted by atomic mass is 35.5. The fourth-order valence-corrected chi connectivity index (χ4v) is 5.20. The molecule has 2 aromatic rings. The van der Waals surface area contributed by atoms with E-state index in [9.17, 15) is 5.11 Å². The van der Waals surface area contributed by atoms with Gasteiger partial charge >= 0.3 is 0 Å². The molecule has 0 radical (unpaired) electrons. The average Bonchev–Trinajstić information content (AvgIpc) is 2.69. The minimum Gasteiger partial charge on any atom is -0.390 e.